The first kappa shape index (κ1) is 20.4. The van der Waals surface area contributed by atoms with Crippen LogP contribution in [0.25, 0.3) is 22.5 Å². The zero-order valence-corrected chi connectivity index (χ0v) is 17.8. The molecule has 0 saturated heterocycles. The van der Waals surface area contributed by atoms with E-state index in [1.54, 1.807) is 6.20 Å². The van der Waals surface area contributed by atoms with Crippen LogP contribution in [0.4, 0.5) is 5.95 Å². The minimum atomic E-state index is 0.443. The molecule has 0 aliphatic carbocycles. The maximum Gasteiger partial charge on any atom is 0.243 e. The summed E-state index contributed by atoms with van der Waals surface area (Å²) in [5, 5.41) is 18.9. The van der Waals surface area contributed by atoms with Crippen molar-refractivity contribution in [2.75, 3.05) is 5.32 Å². The van der Waals surface area contributed by atoms with E-state index in [1.165, 1.54) is 0 Å². The summed E-state index contributed by atoms with van der Waals surface area (Å²) in [6, 6.07) is 29.9. The largest absolute Gasteiger partial charge is 0.489 e. The highest BCUT2D eigenvalue weighted by molar-refractivity contribution is 5.61. The summed E-state index contributed by atoms with van der Waals surface area (Å²) in [4.78, 5) is 4.61. The second kappa shape index (κ2) is 9.74. The molecule has 0 amide bonds. The highest BCUT2D eigenvalue weighted by Gasteiger charge is 2.07. The predicted molar refractivity (Wildman–Crippen MR) is 127 cm³/mol. The molecule has 0 unspecified atom stereocenters. The van der Waals surface area contributed by atoms with E-state index in [1.807, 2.05) is 91.0 Å². The minimum absolute atomic E-state index is 0.443. The number of hydrogen-bond acceptors (Lipinski definition) is 6. The smallest absolute Gasteiger partial charge is 0.243 e. The Morgan fingerprint density at radius 2 is 1.58 bits per heavy atom. The van der Waals surface area contributed by atoms with Gasteiger partial charge in [0.05, 0.1) is 29.8 Å². The lowest BCUT2D eigenvalue weighted by molar-refractivity contribution is 0.306. The second-order valence-electron chi connectivity index (χ2n) is 7.47. The molecule has 5 rings (SSSR count). The number of nitrogens with one attached hydrogen (secondary N) is 2. The molecule has 0 aliphatic rings. The quantitative estimate of drug-likeness (QED) is 0.352. The molecule has 0 spiro atoms. The van der Waals surface area contributed by atoms with Gasteiger partial charge in [0.15, 0.2) is 0 Å². The van der Waals surface area contributed by atoms with Gasteiger partial charge in [-0.3, -0.25) is 5.10 Å². The highest BCUT2D eigenvalue weighted by atomic mass is 16.5. The average molecular weight is 435 g/mol. The zero-order valence-electron chi connectivity index (χ0n) is 17.8. The third-order valence-electron chi connectivity index (χ3n) is 5.07. The minimum Gasteiger partial charge on any atom is -0.489 e. The van der Waals surface area contributed by atoms with Gasteiger partial charge in [-0.1, -0.05) is 72.8 Å². The van der Waals surface area contributed by atoms with Gasteiger partial charge in [-0.2, -0.15) is 10.2 Å². The number of aromatic amines is 1. The Balaban J connectivity index is 1.24. The van der Waals surface area contributed by atoms with Crippen LogP contribution in [0, 0.1) is 0 Å². The van der Waals surface area contributed by atoms with Gasteiger partial charge in [-0.25, -0.2) is 4.98 Å². The third kappa shape index (κ3) is 5.22. The van der Waals surface area contributed by atoms with Gasteiger partial charge in [0, 0.05) is 11.1 Å². The third-order valence-corrected chi connectivity index (χ3v) is 5.07. The first-order chi connectivity index (χ1) is 16.3. The molecule has 0 radical (unpaired) electrons. The topological polar surface area (TPSA) is 88.6 Å². The molecule has 2 heterocycles. The SMILES string of the molecule is c1ccc(COc2cccc(-c3cnnc(NCc4cc(-c5ccccc5)n[nH]4)n3)c2)cc1. The van der Waals surface area contributed by atoms with E-state index in [0.717, 1.165) is 33.8 Å². The first-order valence-electron chi connectivity index (χ1n) is 10.6. The number of rotatable bonds is 8. The van der Waals surface area contributed by atoms with E-state index >= 15 is 0 Å². The number of aromatic nitrogens is 5. The summed E-state index contributed by atoms with van der Waals surface area (Å²) in [5.74, 6) is 1.22. The van der Waals surface area contributed by atoms with Crippen LogP contribution in [0.1, 0.15) is 11.3 Å². The van der Waals surface area contributed by atoms with Gasteiger partial charge >= 0.3 is 0 Å². The summed E-state index contributed by atoms with van der Waals surface area (Å²) in [7, 11) is 0. The van der Waals surface area contributed by atoms with Gasteiger partial charge < -0.3 is 10.1 Å². The molecule has 33 heavy (non-hydrogen) atoms. The molecule has 0 fully saturated rings. The van der Waals surface area contributed by atoms with Crippen molar-refractivity contribution in [1.82, 2.24) is 25.4 Å². The van der Waals surface area contributed by atoms with Gasteiger partial charge in [-0.15, -0.1) is 5.10 Å². The van der Waals surface area contributed by atoms with Crippen LogP contribution in [0.2, 0.25) is 0 Å². The fourth-order valence-corrected chi connectivity index (χ4v) is 3.39. The average Bonchev–Trinajstić information content (AvgIpc) is 3.37. The van der Waals surface area contributed by atoms with Gasteiger partial charge in [-0.05, 0) is 23.8 Å². The molecule has 5 aromatic rings. The summed E-state index contributed by atoms with van der Waals surface area (Å²) in [5.41, 5.74) is 5.63. The first-order valence-corrected chi connectivity index (χ1v) is 10.6. The van der Waals surface area contributed by atoms with Crippen LogP contribution in [0.3, 0.4) is 0 Å². The van der Waals surface area contributed by atoms with Crippen molar-refractivity contribution >= 4 is 5.95 Å². The van der Waals surface area contributed by atoms with Crippen LogP contribution in [-0.2, 0) is 13.2 Å². The molecule has 2 aromatic heterocycles. The van der Waals surface area contributed by atoms with Crippen LogP contribution < -0.4 is 10.1 Å². The lowest BCUT2D eigenvalue weighted by atomic mass is 10.1. The molecular formula is C26H22N6O. The fraction of sp³-hybridized carbons (Fsp3) is 0.0769. The molecular weight excluding hydrogens is 412 g/mol. The summed E-state index contributed by atoms with van der Waals surface area (Å²) < 4.78 is 5.94. The monoisotopic (exact) mass is 434 g/mol. The van der Waals surface area contributed by atoms with Crippen molar-refractivity contribution in [1.29, 1.82) is 0 Å². The molecule has 7 nitrogen and oxygen atoms in total. The maximum atomic E-state index is 5.94. The highest BCUT2D eigenvalue weighted by Crippen LogP contribution is 2.23. The zero-order chi connectivity index (χ0) is 22.3. The molecule has 0 atom stereocenters. The normalized spacial score (nSPS) is 10.7. The van der Waals surface area contributed by atoms with E-state index in [9.17, 15) is 0 Å². The molecule has 162 valence electrons. The number of hydrogen-bond donors (Lipinski definition) is 2. The van der Waals surface area contributed by atoms with Crippen molar-refractivity contribution in [2.45, 2.75) is 13.2 Å². The Kier molecular flexibility index (Phi) is 6.02. The molecule has 2 N–H and O–H groups in total. The molecule has 7 heteroatoms. The van der Waals surface area contributed by atoms with E-state index in [0.29, 0.717) is 24.8 Å². The number of anilines is 1. The van der Waals surface area contributed by atoms with Crippen molar-refractivity contribution < 1.29 is 4.74 Å². The lowest BCUT2D eigenvalue weighted by Crippen LogP contribution is -2.05. The molecule has 0 saturated carbocycles. The lowest BCUT2D eigenvalue weighted by Gasteiger charge is -2.09. The molecule has 0 aliphatic heterocycles. The Bertz CT molecular complexity index is 1320. The summed E-state index contributed by atoms with van der Waals surface area (Å²) >= 11 is 0. The van der Waals surface area contributed by atoms with Crippen molar-refractivity contribution in [3.63, 3.8) is 0 Å². The summed E-state index contributed by atoms with van der Waals surface area (Å²) in [6.07, 6.45) is 1.64. The number of H-pyrrole nitrogens is 1. The van der Waals surface area contributed by atoms with Crippen LogP contribution in [0.5, 0.6) is 5.75 Å². The number of benzene rings is 3. The number of nitrogens with zero attached hydrogens (tertiary/aromatic N) is 4. The van der Waals surface area contributed by atoms with Gasteiger partial charge in [0.1, 0.15) is 12.4 Å². The predicted octanol–water partition coefficient (Wildman–Crippen LogP) is 5.12. The van der Waals surface area contributed by atoms with Crippen LogP contribution >= 0.6 is 0 Å². The standard InChI is InChI=1S/C26H22N6O/c1-3-8-19(9-4-1)18-33-23-13-7-12-21(14-23)25-17-28-32-26(29-25)27-16-22-15-24(31-30-22)20-10-5-2-6-11-20/h1-15,17H,16,18H2,(H,30,31)(H,27,29,32). The number of ether oxygens (including phenoxy) is 1. The Hall–Kier alpha value is -4.52. The summed E-state index contributed by atoms with van der Waals surface area (Å²) in [6.45, 7) is 1.01. The fourth-order valence-electron chi connectivity index (χ4n) is 3.39. The van der Waals surface area contributed by atoms with E-state index in [4.69, 9.17) is 4.74 Å². The molecule has 3 aromatic carbocycles. The van der Waals surface area contributed by atoms with E-state index < -0.39 is 0 Å². The maximum absolute atomic E-state index is 5.94. The Morgan fingerprint density at radius 3 is 2.42 bits per heavy atom. The van der Waals surface area contributed by atoms with E-state index in [2.05, 4.69) is 30.7 Å². The second-order valence-corrected chi connectivity index (χ2v) is 7.47. The van der Waals surface area contributed by atoms with E-state index in [-0.39, 0.29) is 0 Å². The van der Waals surface area contributed by atoms with Gasteiger partial charge in [0.25, 0.3) is 0 Å². The molecule has 0 bridgehead atoms. The van der Waals surface area contributed by atoms with Crippen molar-refractivity contribution in [3.05, 3.63) is 108 Å². The Morgan fingerprint density at radius 1 is 0.788 bits per heavy atom. The Labute approximate surface area is 191 Å². The van der Waals surface area contributed by atoms with Crippen LogP contribution in [0.15, 0.2) is 97.2 Å². The van der Waals surface area contributed by atoms with Crippen molar-refractivity contribution in [3.8, 4) is 28.3 Å². The van der Waals surface area contributed by atoms with Crippen LogP contribution in [-0.4, -0.2) is 25.4 Å². The van der Waals surface area contributed by atoms with Gasteiger partial charge in [0.2, 0.25) is 5.95 Å². The van der Waals surface area contributed by atoms with Crippen molar-refractivity contribution in [2.24, 2.45) is 0 Å².